The van der Waals surface area contributed by atoms with Gasteiger partial charge in [0, 0.05) is 16.4 Å². The van der Waals surface area contributed by atoms with E-state index in [4.69, 9.17) is 16.6 Å². The van der Waals surface area contributed by atoms with E-state index in [1.165, 1.54) is 23.1 Å². The Bertz CT molecular complexity index is 1390. The molecule has 3 aromatic heterocycles. The molecule has 0 saturated carbocycles. The quantitative estimate of drug-likeness (QED) is 0.338. The summed E-state index contributed by atoms with van der Waals surface area (Å²) in [5.74, 6) is 1.25. The first-order valence-corrected chi connectivity index (χ1v) is 11.7. The Kier molecular flexibility index (Phi) is 5.74. The lowest BCUT2D eigenvalue weighted by Crippen LogP contribution is -2.25. The van der Waals surface area contributed by atoms with E-state index in [0.717, 1.165) is 15.3 Å². The molecule has 1 aromatic carbocycles. The Morgan fingerprint density at radius 1 is 1.23 bits per heavy atom. The number of nitrogens with zero attached hydrogens (tertiary/aromatic N) is 3. The number of halogens is 1. The molecule has 0 amide bonds. The summed E-state index contributed by atoms with van der Waals surface area (Å²) in [7, 11) is 0. The molecule has 0 aliphatic rings. The Morgan fingerprint density at radius 2 is 2.00 bits per heavy atom. The summed E-state index contributed by atoms with van der Waals surface area (Å²) in [4.78, 5) is 39.7. The van der Waals surface area contributed by atoms with E-state index in [2.05, 4.69) is 23.8 Å². The van der Waals surface area contributed by atoms with E-state index < -0.39 is 0 Å². The van der Waals surface area contributed by atoms with Crippen molar-refractivity contribution in [2.24, 2.45) is 5.92 Å². The topological polar surface area (TPSA) is 80.6 Å². The first-order valence-electron chi connectivity index (χ1n) is 9.56. The van der Waals surface area contributed by atoms with Gasteiger partial charge in [0.1, 0.15) is 10.7 Å². The molecule has 0 radical (unpaired) electrons. The number of nitrogens with one attached hydrogen (secondary N) is 1. The molecule has 0 aliphatic heterocycles. The van der Waals surface area contributed by atoms with Crippen LogP contribution < -0.4 is 11.1 Å². The maximum Gasteiger partial charge on any atom is 0.262 e. The lowest BCUT2D eigenvalue weighted by molar-refractivity contribution is 0.475. The van der Waals surface area contributed by atoms with Crippen molar-refractivity contribution in [1.82, 2.24) is 19.5 Å². The van der Waals surface area contributed by atoms with Gasteiger partial charge in [0.2, 0.25) is 0 Å². The predicted octanol–water partition coefficient (Wildman–Crippen LogP) is 4.91. The highest BCUT2D eigenvalue weighted by Gasteiger charge is 2.16. The van der Waals surface area contributed by atoms with Gasteiger partial charge in [-0.15, -0.1) is 11.3 Å². The number of benzene rings is 1. The zero-order valence-electron chi connectivity index (χ0n) is 17.1. The third-order valence-electron chi connectivity index (χ3n) is 4.85. The third-order valence-corrected chi connectivity index (χ3v) is 7.18. The monoisotopic (exact) mass is 460 g/mol. The van der Waals surface area contributed by atoms with Crippen LogP contribution in [0.2, 0.25) is 5.02 Å². The first-order chi connectivity index (χ1) is 14.2. The van der Waals surface area contributed by atoms with E-state index in [1.807, 2.05) is 13.8 Å². The molecule has 4 rings (SSSR count). The number of aryl methyl sites for hydroxylation is 2. The van der Waals surface area contributed by atoms with E-state index in [0.29, 0.717) is 44.6 Å². The summed E-state index contributed by atoms with van der Waals surface area (Å²) in [6.07, 6.45) is 0. The zero-order valence-corrected chi connectivity index (χ0v) is 19.5. The molecule has 0 fully saturated rings. The van der Waals surface area contributed by atoms with Gasteiger partial charge in [-0.25, -0.2) is 9.97 Å². The number of hydrogen-bond donors (Lipinski definition) is 1. The van der Waals surface area contributed by atoms with Gasteiger partial charge in [0.15, 0.2) is 5.16 Å². The molecule has 3 heterocycles. The maximum absolute atomic E-state index is 13.1. The third kappa shape index (κ3) is 3.91. The molecule has 6 nitrogen and oxygen atoms in total. The van der Waals surface area contributed by atoms with Gasteiger partial charge in [0.25, 0.3) is 11.1 Å². The molecule has 9 heteroatoms. The lowest BCUT2D eigenvalue weighted by atomic mass is 10.2. The van der Waals surface area contributed by atoms with Gasteiger partial charge in [0.05, 0.1) is 22.0 Å². The molecule has 30 heavy (non-hydrogen) atoms. The molecule has 0 unspecified atom stereocenters. The summed E-state index contributed by atoms with van der Waals surface area (Å²) in [5.41, 5.74) is 1.34. The van der Waals surface area contributed by atoms with Crippen molar-refractivity contribution in [2.45, 2.75) is 45.1 Å². The smallest absolute Gasteiger partial charge is 0.262 e. The van der Waals surface area contributed by atoms with Crippen molar-refractivity contribution < 1.29 is 0 Å². The number of H-pyrrole nitrogens is 1. The van der Waals surface area contributed by atoms with Gasteiger partial charge < -0.3 is 4.98 Å². The van der Waals surface area contributed by atoms with Crippen molar-refractivity contribution in [1.29, 1.82) is 0 Å². The number of rotatable bonds is 5. The molecule has 0 atom stereocenters. The van der Waals surface area contributed by atoms with Crippen LogP contribution in [0.25, 0.3) is 21.1 Å². The second-order valence-electron chi connectivity index (χ2n) is 7.63. The molecular formula is C21H21ClN4O2S2. The van der Waals surface area contributed by atoms with Gasteiger partial charge >= 0.3 is 0 Å². The molecule has 156 valence electrons. The number of fused-ring (bicyclic) bond motifs is 2. The Morgan fingerprint density at radius 3 is 2.73 bits per heavy atom. The number of thiophene rings is 1. The van der Waals surface area contributed by atoms with Crippen LogP contribution in [0.5, 0.6) is 0 Å². The van der Waals surface area contributed by atoms with Crippen LogP contribution in [0.15, 0.2) is 32.9 Å². The van der Waals surface area contributed by atoms with E-state index in [1.54, 1.807) is 22.8 Å². The number of hydrogen-bond acceptors (Lipinski definition) is 6. The van der Waals surface area contributed by atoms with Crippen molar-refractivity contribution >= 4 is 55.8 Å². The van der Waals surface area contributed by atoms with Crippen LogP contribution in [0.3, 0.4) is 0 Å². The minimum atomic E-state index is -0.127. The second kappa shape index (κ2) is 8.17. The summed E-state index contributed by atoms with van der Waals surface area (Å²) in [6.45, 7) is 8.58. The van der Waals surface area contributed by atoms with Crippen LogP contribution in [0.4, 0.5) is 0 Å². The second-order valence-corrected chi connectivity index (χ2v) is 10.2. The van der Waals surface area contributed by atoms with Crippen molar-refractivity contribution in [3.63, 3.8) is 0 Å². The Hall–Kier alpha value is -2.16. The van der Waals surface area contributed by atoms with Gasteiger partial charge in [-0.1, -0.05) is 37.2 Å². The van der Waals surface area contributed by atoms with E-state index >= 15 is 0 Å². The van der Waals surface area contributed by atoms with Crippen molar-refractivity contribution in [3.05, 3.63) is 60.2 Å². The van der Waals surface area contributed by atoms with Crippen LogP contribution in [-0.2, 0) is 12.3 Å². The fourth-order valence-electron chi connectivity index (χ4n) is 3.31. The molecule has 0 aliphatic carbocycles. The fourth-order valence-corrected chi connectivity index (χ4v) is 5.41. The summed E-state index contributed by atoms with van der Waals surface area (Å²) >= 11 is 9.00. The van der Waals surface area contributed by atoms with E-state index in [9.17, 15) is 9.59 Å². The van der Waals surface area contributed by atoms with Crippen LogP contribution in [0, 0.1) is 19.8 Å². The predicted molar refractivity (Wildman–Crippen MR) is 125 cm³/mol. The number of thioether (sulfide) groups is 1. The SMILES string of the molecule is Cc1sc2nc(CSc3nc4ccc(Cl)cc4c(=O)n3CC(C)C)[nH]c(=O)c2c1C. The average Bonchev–Trinajstić information content (AvgIpc) is 2.97. The van der Waals surface area contributed by atoms with Gasteiger partial charge in [-0.3, -0.25) is 14.2 Å². The van der Waals surface area contributed by atoms with Gasteiger partial charge in [-0.2, -0.15) is 0 Å². The molecular weight excluding hydrogens is 440 g/mol. The van der Waals surface area contributed by atoms with Crippen LogP contribution in [0.1, 0.15) is 30.1 Å². The highest BCUT2D eigenvalue weighted by atomic mass is 35.5. The average molecular weight is 461 g/mol. The van der Waals surface area contributed by atoms with E-state index in [-0.39, 0.29) is 17.0 Å². The highest BCUT2D eigenvalue weighted by molar-refractivity contribution is 7.98. The molecule has 0 saturated heterocycles. The first kappa shape index (κ1) is 21.1. The van der Waals surface area contributed by atoms with Crippen molar-refractivity contribution in [2.75, 3.05) is 0 Å². The number of aromatic nitrogens is 4. The molecule has 0 bridgehead atoms. The molecule has 4 aromatic rings. The summed E-state index contributed by atoms with van der Waals surface area (Å²) in [5, 5.41) is 2.27. The Labute approximate surface area is 186 Å². The summed E-state index contributed by atoms with van der Waals surface area (Å²) in [6, 6.07) is 5.14. The Balaban J connectivity index is 1.74. The highest BCUT2D eigenvalue weighted by Crippen LogP contribution is 2.27. The largest absolute Gasteiger partial charge is 0.309 e. The number of aromatic amines is 1. The summed E-state index contributed by atoms with van der Waals surface area (Å²) < 4.78 is 1.68. The minimum Gasteiger partial charge on any atom is -0.309 e. The minimum absolute atomic E-state index is 0.111. The fraction of sp³-hybridized carbons (Fsp3) is 0.333. The van der Waals surface area contributed by atoms with Crippen LogP contribution in [-0.4, -0.2) is 19.5 Å². The van der Waals surface area contributed by atoms with Gasteiger partial charge in [-0.05, 0) is 43.5 Å². The molecule has 1 N–H and O–H groups in total. The van der Waals surface area contributed by atoms with Crippen molar-refractivity contribution in [3.8, 4) is 0 Å². The molecule has 0 spiro atoms. The standard InChI is InChI=1S/C21H21ClN4O2S2/c1-10(2)8-26-20(28)14-7-13(22)5-6-15(14)23-21(26)29-9-16-24-18(27)17-11(3)12(4)30-19(17)25-16/h5-7,10H,8-9H2,1-4H3,(H,24,25,27). The zero-order chi connectivity index (χ0) is 21.6. The normalized spacial score (nSPS) is 11.8. The lowest BCUT2D eigenvalue weighted by Gasteiger charge is -2.15. The maximum atomic E-state index is 13.1. The van der Waals surface area contributed by atoms with Crippen LogP contribution >= 0.6 is 34.7 Å².